The lowest BCUT2D eigenvalue weighted by Gasteiger charge is -2.48. The van der Waals surface area contributed by atoms with Crippen molar-refractivity contribution in [3.05, 3.63) is 0 Å². The van der Waals surface area contributed by atoms with Gasteiger partial charge >= 0.3 is 0 Å². The lowest BCUT2D eigenvalue weighted by molar-refractivity contribution is -0.139. The molecule has 4 aliphatic heterocycles. The fourth-order valence-electron chi connectivity index (χ4n) is 5.25. The fourth-order valence-corrected chi connectivity index (χ4v) is 5.25. The smallest absolute Gasteiger partial charge is 0.225 e. The summed E-state index contributed by atoms with van der Waals surface area (Å²) in [6.45, 7) is 7.30. The number of nitrogens with one attached hydrogen (secondary N) is 1. The van der Waals surface area contributed by atoms with E-state index < -0.39 is 0 Å². The van der Waals surface area contributed by atoms with E-state index in [1.807, 2.05) is 0 Å². The highest BCUT2D eigenvalue weighted by Gasteiger charge is 2.41. The van der Waals surface area contributed by atoms with Crippen molar-refractivity contribution in [3.8, 4) is 0 Å². The summed E-state index contributed by atoms with van der Waals surface area (Å²) in [4.78, 5) is 17.4. The van der Waals surface area contributed by atoms with Gasteiger partial charge in [-0.1, -0.05) is 0 Å². The Labute approximate surface area is 170 Å². The minimum atomic E-state index is 0. The summed E-state index contributed by atoms with van der Waals surface area (Å²) < 4.78 is 6.23. The number of likely N-dealkylation sites (tertiary alicyclic amines) is 2. The van der Waals surface area contributed by atoms with E-state index in [9.17, 15) is 4.79 Å². The molecule has 0 aromatic rings. The Morgan fingerprint density at radius 1 is 0.962 bits per heavy atom. The average molecular weight is 408 g/mol. The molecule has 1 N–H and O–H groups in total. The zero-order valence-electron chi connectivity index (χ0n) is 15.8. The summed E-state index contributed by atoms with van der Waals surface area (Å²) in [5.74, 6) is 0.723. The monoisotopic (exact) mass is 407 g/mol. The number of halogens is 2. The first-order valence-electron chi connectivity index (χ1n) is 10.1. The second kappa shape index (κ2) is 9.92. The Morgan fingerprint density at radius 2 is 1.62 bits per heavy atom. The number of carbonyl (C=O) groups is 1. The van der Waals surface area contributed by atoms with E-state index in [4.69, 9.17) is 4.74 Å². The molecule has 0 saturated carbocycles. The second-order valence-corrected chi connectivity index (χ2v) is 8.27. The van der Waals surface area contributed by atoms with Crippen molar-refractivity contribution in [1.82, 2.24) is 15.1 Å². The summed E-state index contributed by atoms with van der Waals surface area (Å²) >= 11 is 0. The van der Waals surface area contributed by atoms with Crippen LogP contribution in [-0.2, 0) is 9.53 Å². The third kappa shape index (κ3) is 4.85. The number of nitrogens with zero attached hydrogens (tertiary/aromatic N) is 2. The molecule has 0 aliphatic carbocycles. The van der Waals surface area contributed by atoms with Crippen LogP contribution in [0.2, 0.25) is 0 Å². The van der Waals surface area contributed by atoms with Gasteiger partial charge in [0.05, 0.1) is 5.60 Å². The van der Waals surface area contributed by atoms with E-state index in [0.29, 0.717) is 11.9 Å². The summed E-state index contributed by atoms with van der Waals surface area (Å²) in [5, 5.41) is 3.46. The fraction of sp³-hybridized carbons (Fsp3) is 0.947. The topological polar surface area (TPSA) is 44.8 Å². The number of piperidine rings is 2. The van der Waals surface area contributed by atoms with Crippen molar-refractivity contribution in [1.29, 1.82) is 0 Å². The van der Waals surface area contributed by atoms with Crippen molar-refractivity contribution in [2.45, 2.75) is 63.0 Å². The largest absolute Gasteiger partial charge is 0.375 e. The highest BCUT2D eigenvalue weighted by atomic mass is 35.5. The molecule has 4 aliphatic rings. The van der Waals surface area contributed by atoms with Crippen LogP contribution in [0.15, 0.2) is 0 Å². The van der Waals surface area contributed by atoms with Gasteiger partial charge in [0.15, 0.2) is 0 Å². The van der Waals surface area contributed by atoms with Crippen molar-refractivity contribution < 1.29 is 9.53 Å². The molecule has 0 aromatic heterocycles. The van der Waals surface area contributed by atoms with Crippen molar-refractivity contribution in [2.75, 3.05) is 45.9 Å². The maximum Gasteiger partial charge on any atom is 0.225 e. The van der Waals surface area contributed by atoms with Gasteiger partial charge in [-0.15, -0.1) is 24.8 Å². The first-order valence-corrected chi connectivity index (χ1v) is 10.1. The molecule has 1 amide bonds. The first-order chi connectivity index (χ1) is 11.8. The molecule has 0 radical (unpaired) electrons. The van der Waals surface area contributed by atoms with Crippen molar-refractivity contribution in [3.63, 3.8) is 0 Å². The van der Waals surface area contributed by atoms with Gasteiger partial charge in [-0.3, -0.25) is 4.79 Å². The molecule has 1 atom stereocenters. The number of hydrogen-bond donors (Lipinski definition) is 1. The van der Waals surface area contributed by atoms with Crippen LogP contribution in [0.25, 0.3) is 0 Å². The lowest BCUT2D eigenvalue weighted by Crippen LogP contribution is -2.54. The average Bonchev–Trinajstić information content (AvgIpc) is 3.17. The van der Waals surface area contributed by atoms with Crippen molar-refractivity contribution in [2.24, 2.45) is 5.92 Å². The normalized spacial score (nSPS) is 29.8. The molecule has 1 spiro atoms. The highest BCUT2D eigenvalue weighted by molar-refractivity contribution is 5.85. The Bertz CT molecular complexity index is 441. The van der Waals surface area contributed by atoms with Gasteiger partial charge in [0.25, 0.3) is 0 Å². The molecule has 4 fully saturated rings. The van der Waals surface area contributed by atoms with Crippen LogP contribution in [0, 0.1) is 5.92 Å². The summed E-state index contributed by atoms with van der Waals surface area (Å²) in [6.07, 6.45) is 9.19. The van der Waals surface area contributed by atoms with E-state index in [1.54, 1.807) is 0 Å². The molecular formula is C19H35Cl2N3O2. The Hall–Kier alpha value is -0.0700. The number of amides is 1. The standard InChI is InChI=1S/C19H33N3O2.2ClH/c23-18(22-10-1-2-11-22)16-3-12-21(13-4-16)17-5-14-24-19(15-17)6-8-20-9-7-19;;/h16-17,20H,1-15H2;2*1H. The lowest BCUT2D eigenvalue weighted by atomic mass is 9.81. The van der Waals surface area contributed by atoms with Gasteiger partial charge in [-0.2, -0.15) is 0 Å². The van der Waals surface area contributed by atoms with Crippen molar-refractivity contribution >= 4 is 30.7 Å². The Balaban J connectivity index is 0.00000121. The van der Waals surface area contributed by atoms with Gasteiger partial charge < -0.3 is 19.9 Å². The van der Waals surface area contributed by atoms with Crippen LogP contribution in [0.3, 0.4) is 0 Å². The minimum Gasteiger partial charge on any atom is -0.375 e. The molecule has 4 rings (SSSR count). The van der Waals surface area contributed by atoms with E-state index in [-0.39, 0.29) is 36.3 Å². The van der Waals surface area contributed by atoms with Crippen LogP contribution in [0.4, 0.5) is 0 Å². The van der Waals surface area contributed by atoms with Gasteiger partial charge in [0.2, 0.25) is 5.91 Å². The van der Waals surface area contributed by atoms with Crippen LogP contribution < -0.4 is 5.32 Å². The molecule has 1 unspecified atom stereocenters. The molecule has 7 heteroatoms. The van der Waals surface area contributed by atoms with E-state index in [0.717, 1.165) is 71.6 Å². The number of rotatable bonds is 2. The molecule has 4 saturated heterocycles. The third-order valence-corrected chi connectivity index (χ3v) is 6.79. The predicted octanol–water partition coefficient (Wildman–Crippen LogP) is 2.47. The number of ether oxygens (including phenoxy) is 1. The molecule has 152 valence electrons. The zero-order valence-corrected chi connectivity index (χ0v) is 17.4. The summed E-state index contributed by atoms with van der Waals surface area (Å²) in [6, 6.07) is 0.666. The highest BCUT2D eigenvalue weighted by Crippen LogP contribution is 2.36. The predicted molar refractivity (Wildman–Crippen MR) is 108 cm³/mol. The molecule has 4 heterocycles. The maximum atomic E-state index is 12.6. The molecule has 0 bridgehead atoms. The van der Waals surface area contributed by atoms with E-state index in [1.165, 1.54) is 25.7 Å². The Kier molecular flexibility index (Phi) is 8.48. The number of hydrogen-bond acceptors (Lipinski definition) is 4. The number of carbonyl (C=O) groups excluding carboxylic acids is 1. The molecular weight excluding hydrogens is 373 g/mol. The summed E-state index contributed by atoms with van der Waals surface area (Å²) in [7, 11) is 0. The van der Waals surface area contributed by atoms with E-state index in [2.05, 4.69) is 15.1 Å². The summed E-state index contributed by atoms with van der Waals surface area (Å²) in [5.41, 5.74) is 0.135. The van der Waals surface area contributed by atoms with Gasteiger partial charge in [0, 0.05) is 31.7 Å². The minimum absolute atomic E-state index is 0. The van der Waals surface area contributed by atoms with Crippen LogP contribution in [-0.4, -0.2) is 73.2 Å². The van der Waals surface area contributed by atoms with Crippen LogP contribution >= 0.6 is 24.8 Å². The quantitative estimate of drug-likeness (QED) is 0.763. The SMILES string of the molecule is Cl.Cl.O=C(C1CCN(C2CCOC3(CCNCC3)C2)CC1)N1CCCC1. The van der Waals surface area contributed by atoms with Crippen LogP contribution in [0.1, 0.15) is 51.4 Å². The maximum absolute atomic E-state index is 12.6. The third-order valence-electron chi connectivity index (χ3n) is 6.79. The second-order valence-electron chi connectivity index (χ2n) is 8.27. The van der Waals surface area contributed by atoms with Gasteiger partial charge in [0.1, 0.15) is 0 Å². The Morgan fingerprint density at radius 3 is 2.27 bits per heavy atom. The molecule has 5 nitrogen and oxygen atoms in total. The molecule has 26 heavy (non-hydrogen) atoms. The van der Waals surface area contributed by atoms with Gasteiger partial charge in [-0.25, -0.2) is 0 Å². The van der Waals surface area contributed by atoms with Gasteiger partial charge in [-0.05, 0) is 77.5 Å². The zero-order chi connectivity index (χ0) is 16.4. The molecule has 0 aromatic carbocycles. The van der Waals surface area contributed by atoms with E-state index >= 15 is 0 Å². The van der Waals surface area contributed by atoms with Crippen LogP contribution in [0.5, 0.6) is 0 Å². The first kappa shape index (κ1) is 22.2.